The van der Waals surface area contributed by atoms with E-state index >= 15 is 0 Å². The molecule has 3 aliphatic rings. The largest absolute Gasteiger partial charge is 0.494 e. The van der Waals surface area contributed by atoms with Gasteiger partial charge in [0.1, 0.15) is 11.3 Å². The van der Waals surface area contributed by atoms with Gasteiger partial charge in [-0.3, -0.25) is 14.5 Å². The molecule has 3 heterocycles. The van der Waals surface area contributed by atoms with E-state index in [2.05, 4.69) is 10.2 Å². The summed E-state index contributed by atoms with van der Waals surface area (Å²) in [5.74, 6) is -1.03. The van der Waals surface area contributed by atoms with E-state index < -0.39 is 23.3 Å². The van der Waals surface area contributed by atoms with Gasteiger partial charge >= 0.3 is 5.97 Å². The van der Waals surface area contributed by atoms with Crippen LogP contribution in [0.2, 0.25) is 10.0 Å². The fourth-order valence-corrected chi connectivity index (χ4v) is 8.13. The fourth-order valence-electron chi connectivity index (χ4n) is 7.76. The van der Waals surface area contributed by atoms with Gasteiger partial charge in [0.05, 0.1) is 25.2 Å². The van der Waals surface area contributed by atoms with E-state index in [1.165, 1.54) is 7.11 Å². The predicted octanol–water partition coefficient (Wildman–Crippen LogP) is 6.65. The van der Waals surface area contributed by atoms with E-state index in [1.807, 2.05) is 72.5 Å². The Kier molecular flexibility index (Phi) is 8.20. The van der Waals surface area contributed by atoms with Gasteiger partial charge in [-0.15, -0.1) is 0 Å². The first kappa shape index (κ1) is 31.2. The summed E-state index contributed by atoms with van der Waals surface area (Å²) >= 11 is 13.0. The monoisotopic (exact) mass is 669 g/mol. The van der Waals surface area contributed by atoms with Crippen LogP contribution < -0.4 is 10.1 Å². The van der Waals surface area contributed by atoms with Crippen LogP contribution in [0, 0.1) is 5.92 Å². The first-order valence-corrected chi connectivity index (χ1v) is 16.3. The molecule has 4 aromatic carbocycles. The molecule has 0 aliphatic carbocycles. The van der Waals surface area contributed by atoms with Gasteiger partial charge < -0.3 is 19.7 Å². The molecule has 1 N–H and O–H groups in total. The van der Waals surface area contributed by atoms with Crippen molar-refractivity contribution < 1.29 is 23.9 Å². The average Bonchev–Trinajstić information content (AvgIpc) is 3.63. The molecule has 4 aromatic rings. The van der Waals surface area contributed by atoms with Gasteiger partial charge in [-0.05, 0) is 72.1 Å². The van der Waals surface area contributed by atoms with Gasteiger partial charge in [-0.2, -0.15) is 0 Å². The van der Waals surface area contributed by atoms with Crippen molar-refractivity contribution in [1.82, 2.24) is 9.80 Å². The summed E-state index contributed by atoms with van der Waals surface area (Å²) in [5.41, 5.74) is 3.30. The summed E-state index contributed by atoms with van der Waals surface area (Å²) in [5, 5.41) is 4.16. The Bertz CT molecular complexity index is 1880. The maximum atomic E-state index is 14.7. The van der Waals surface area contributed by atoms with E-state index in [-0.39, 0.29) is 17.9 Å². The molecular weight excluding hydrogens is 637 g/mol. The number of likely N-dealkylation sites (tertiary alicyclic amines) is 2. The molecule has 47 heavy (non-hydrogen) atoms. The highest BCUT2D eigenvalue weighted by atomic mass is 35.5. The van der Waals surface area contributed by atoms with Gasteiger partial charge in [0.2, 0.25) is 11.8 Å². The number of fused-ring (bicyclic) bond motifs is 3. The molecule has 1 spiro atoms. The molecule has 3 aliphatic heterocycles. The lowest BCUT2D eigenvalue weighted by atomic mass is 9.71. The highest BCUT2D eigenvalue weighted by Crippen LogP contribution is 2.61. The van der Waals surface area contributed by atoms with Crippen LogP contribution in [0.25, 0.3) is 0 Å². The van der Waals surface area contributed by atoms with Crippen LogP contribution in [0.4, 0.5) is 5.69 Å². The van der Waals surface area contributed by atoms with Crippen LogP contribution in [0.15, 0.2) is 91.0 Å². The molecular formula is C37H33Cl2N3O5. The normalized spacial score (nSPS) is 23.1. The predicted molar refractivity (Wildman–Crippen MR) is 180 cm³/mol. The van der Waals surface area contributed by atoms with Crippen molar-refractivity contribution in [1.29, 1.82) is 0 Å². The molecule has 2 amide bonds. The van der Waals surface area contributed by atoms with Crippen molar-refractivity contribution in [3.63, 3.8) is 0 Å². The topological polar surface area (TPSA) is 88.2 Å². The first-order chi connectivity index (χ1) is 22.7. The molecule has 8 nitrogen and oxygen atoms in total. The zero-order chi connectivity index (χ0) is 32.9. The number of carbonyl (C=O) groups is 3. The quantitative estimate of drug-likeness (QED) is 0.211. The maximum Gasteiger partial charge on any atom is 0.337 e. The van der Waals surface area contributed by atoms with Crippen LogP contribution in [-0.2, 0) is 33.0 Å². The number of nitrogens with one attached hydrogen (secondary N) is 1. The Hall–Kier alpha value is -4.37. The summed E-state index contributed by atoms with van der Waals surface area (Å²) < 4.78 is 10.7. The molecule has 0 saturated carbocycles. The lowest BCUT2D eigenvalue weighted by Crippen LogP contribution is -2.53. The molecule has 0 unspecified atom stereocenters. The van der Waals surface area contributed by atoms with Gasteiger partial charge in [0.25, 0.3) is 0 Å². The van der Waals surface area contributed by atoms with Crippen molar-refractivity contribution in [2.24, 2.45) is 5.92 Å². The zero-order valence-corrected chi connectivity index (χ0v) is 27.4. The van der Waals surface area contributed by atoms with Crippen LogP contribution in [0.5, 0.6) is 5.75 Å². The minimum atomic E-state index is -1.22. The number of esters is 1. The second kappa shape index (κ2) is 12.3. The minimum Gasteiger partial charge on any atom is -0.494 e. The Labute approximate surface area is 283 Å². The third-order valence-electron chi connectivity index (χ3n) is 9.59. The van der Waals surface area contributed by atoms with Gasteiger partial charge in [-0.25, -0.2) is 4.79 Å². The third-order valence-corrected chi connectivity index (χ3v) is 10.1. The number of ether oxygens (including phenoxy) is 2. The van der Waals surface area contributed by atoms with Crippen LogP contribution in [0.1, 0.15) is 45.5 Å². The maximum absolute atomic E-state index is 14.7. The minimum absolute atomic E-state index is 0.0443. The molecule has 2 saturated heterocycles. The number of benzene rings is 4. The summed E-state index contributed by atoms with van der Waals surface area (Å²) in [6.45, 7) is 3.62. The molecule has 0 radical (unpaired) electrons. The molecule has 240 valence electrons. The summed E-state index contributed by atoms with van der Waals surface area (Å²) in [7, 11) is 1.34. The summed E-state index contributed by atoms with van der Waals surface area (Å²) in [4.78, 5) is 45.3. The smallest absolute Gasteiger partial charge is 0.337 e. The highest BCUT2D eigenvalue weighted by Gasteiger charge is 2.70. The Morgan fingerprint density at radius 1 is 0.915 bits per heavy atom. The van der Waals surface area contributed by atoms with Crippen molar-refractivity contribution >= 4 is 46.7 Å². The SMILES string of the molecule is CCOc1cccc(CN2[C@H]3CN(Cc4ccc(C(=O)OC)cc4)C(=O)[C@H]3[C@H](c3cccc(Cl)c3)[C@]23C(=O)Nc2cc(Cl)ccc23)c1. The van der Waals surface area contributed by atoms with Crippen LogP contribution in [0.3, 0.4) is 0 Å². The van der Waals surface area contributed by atoms with Crippen LogP contribution in [-0.4, -0.2) is 53.9 Å². The number of hydrogen-bond donors (Lipinski definition) is 1. The Morgan fingerprint density at radius 3 is 2.43 bits per heavy atom. The summed E-state index contributed by atoms with van der Waals surface area (Å²) in [6.07, 6.45) is 0. The lowest BCUT2D eigenvalue weighted by Gasteiger charge is -2.41. The molecule has 7 rings (SSSR count). The molecule has 0 aromatic heterocycles. The highest BCUT2D eigenvalue weighted by molar-refractivity contribution is 6.31. The zero-order valence-electron chi connectivity index (χ0n) is 25.9. The second-order valence-electron chi connectivity index (χ2n) is 12.2. The number of rotatable bonds is 8. The van der Waals surface area contributed by atoms with Crippen molar-refractivity contribution in [2.75, 3.05) is 25.6 Å². The fraction of sp³-hybridized carbons (Fsp3) is 0.270. The van der Waals surface area contributed by atoms with Crippen LogP contribution >= 0.6 is 23.2 Å². The van der Waals surface area contributed by atoms with Gasteiger partial charge in [0, 0.05) is 52.9 Å². The number of methoxy groups -OCH3 is 1. The van der Waals surface area contributed by atoms with E-state index in [4.69, 9.17) is 32.7 Å². The first-order valence-electron chi connectivity index (χ1n) is 15.6. The number of hydrogen-bond acceptors (Lipinski definition) is 6. The Morgan fingerprint density at radius 2 is 1.68 bits per heavy atom. The molecule has 10 heteroatoms. The van der Waals surface area contributed by atoms with Gasteiger partial charge in [0.15, 0.2) is 0 Å². The van der Waals surface area contributed by atoms with E-state index in [0.29, 0.717) is 47.5 Å². The number of amides is 2. The van der Waals surface area contributed by atoms with Crippen molar-refractivity contribution in [2.45, 2.75) is 37.5 Å². The average molecular weight is 671 g/mol. The second-order valence-corrected chi connectivity index (χ2v) is 13.0. The van der Waals surface area contributed by atoms with E-state index in [1.54, 1.807) is 30.3 Å². The van der Waals surface area contributed by atoms with Gasteiger partial charge in [-0.1, -0.05) is 65.7 Å². The molecule has 2 fully saturated rings. The van der Waals surface area contributed by atoms with Crippen molar-refractivity contribution in [3.8, 4) is 5.75 Å². The summed E-state index contributed by atoms with van der Waals surface area (Å²) in [6, 6.07) is 27.6. The number of carbonyl (C=O) groups excluding carboxylic acids is 3. The standard InChI is InChI=1S/C37H33Cl2N3O5/c1-3-47-28-9-4-6-23(16-28)20-42-31-21-41(19-22-10-12-24(13-11-22)35(44)46-2)34(43)32(31)33(25-7-5-8-26(38)17-25)37(42)29-15-14-27(39)18-30(29)40-36(37)45/h4-18,31-33H,3,19-21H2,1-2H3,(H,40,45)/t31-,32+,33-,37+/m0/s1. The van der Waals surface area contributed by atoms with Crippen molar-refractivity contribution in [3.05, 3.63) is 129 Å². The third kappa shape index (κ3) is 5.25. The van der Waals surface area contributed by atoms with E-state index in [9.17, 15) is 14.4 Å². The van der Waals surface area contributed by atoms with E-state index in [0.717, 1.165) is 28.0 Å². The molecule has 4 atom stereocenters. The number of nitrogens with zero attached hydrogens (tertiary/aromatic N) is 2. The lowest BCUT2D eigenvalue weighted by molar-refractivity contribution is -0.133. The molecule has 0 bridgehead atoms. The Balaban J connectivity index is 1.36. The number of anilines is 1. The number of halogens is 2.